The molecule has 0 aliphatic carbocycles. The summed E-state index contributed by atoms with van der Waals surface area (Å²) in [5, 5.41) is 6.62. The molecule has 0 aliphatic rings. The van der Waals surface area contributed by atoms with Gasteiger partial charge in [-0.3, -0.25) is 5.10 Å². The minimum atomic E-state index is 0.355. The maximum Gasteiger partial charge on any atom is 0.217 e. The molecule has 0 spiro atoms. The number of aromatic amines is 2. The van der Waals surface area contributed by atoms with E-state index in [0.29, 0.717) is 24.0 Å². The molecule has 0 aromatic carbocycles. The molecular weight excluding hydrogens is 156 g/mol. The van der Waals surface area contributed by atoms with Gasteiger partial charge in [-0.25, -0.2) is 9.97 Å². The van der Waals surface area contributed by atoms with Crippen molar-refractivity contribution in [2.75, 3.05) is 0 Å². The van der Waals surface area contributed by atoms with Gasteiger partial charge in [0.1, 0.15) is 5.82 Å². The smallest absolute Gasteiger partial charge is 0.217 e. The lowest BCUT2D eigenvalue weighted by atomic mass is 10.6. The second-order valence-corrected chi connectivity index (χ2v) is 2.25. The van der Waals surface area contributed by atoms with Gasteiger partial charge in [-0.1, -0.05) is 0 Å². The second-order valence-electron chi connectivity index (χ2n) is 2.25. The van der Waals surface area contributed by atoms with Crippen molar-refractivity contribution < 1.29 is 0 Å². The summed E-state index contributed by atoms with van der Waals surface area (Å²) in [6, 6.07) is 0. The second kappa shape index (κ2) is 2.74. The summed E-state index contributed by atoms with van der Waals surface area (Å²) in [5.41, 5.74) is 5.35. The molecule has 2 rings (SSSR count). The van der Waals surface area contributed by atoms with E-state index >= 15 is 0 Å². The van der Waals surface area contributed by atoms with Crippen LogP contribution in [0.1, 0.15) is 5.82 Å². The largest absolute Gasteiger partial charge is 0.342 e. The van der Waals surface area contributed by atoms with Crippen LogP contribution in [0.5, 0.6) is 0 Å². The van der Waals surface area contributed by atoms with Crippen molar-refractivity contribution in [2.24, 2.45) is 5.73 Å². The van der Waals surface area contributed by atoms with E-state index in [1.54, 1.807) is 12.4 Å². The van der Waals surface area contributed by atoms with Crippen molar-refractivity contribution in [3.05, 3.63) is 18.2 Å². The molecule has 2 aromatic rings. The van der Waals surface area contributed by atoms with E-state index < -0.39 is 0 Å². The first-order valence-corrected chi connectivity index (χ1v) is 3.51. The number of nitrogens with two attached hydrogens (primary N) is 1. The van der Waals surface area contributed by atoms with E-state index in [-0.39, 0.29) is 0 Å². The molecule has 6 nitrogen and oxygen atoms in total. The fourth-order valence-electron chi connectivity index (χ4n) is 0.880. The number of imidazole rings is 1. The lowest BCUT2D eigenvalue weighted by molar-refractivity contribution is 0.917. The predicted molar refractivity (Wildman–Crippen MR) is 41.9 cm³/mol. The Balaban J connectivity index is 2.35. The van der Waals surface area contributed by atoms with E-state index in [9.17, 15) is 0 Å². The van der Waals surface area contributed by atoms with Crippen LogP contribution < -0.4 is 5.73 Å². The minimum absolute atomic E-state index is 0.355. The summed E-state index contributed by atoms with van der Waals surface area (Å²) in [6.07, 6.45) is 3.36. The lowest BCUT2D eigenvalue weighted by Gasteiger charge is -1.83. The van der Waals surface area contributed by atoms with Crippen molar-refractivity contribution in [1.82, 2.24) is 25.1 Å². The average Bonchev–Trinajstić information content (AvgIpc) is 2.75. The maximum atomic E-state index is 5.35. The first-order valence-electron chi connectivity index (χ1n) is 3.51. The van der Waals surface area contributed by atoms with Crippen molar-refractivity contribution in [3.63, 3.8) is 0 Å². The number of rotatable bonds is 2. The molecule has 0 radical (unpaired) electrons. The topological polar surface area (TPSA) is 96.3 Å². The zero-order valence-electron chi connectivity index (χ0n) is 6.28. The number of aromatic nitrogens is 5. The van der Waals surface area contributed by atoms with Crippen LogP contribution in [0.4, 0.5) is 0 Å². The lowest BCUT2D eigenvalue weighted by Crippen LogP contribution is -1.97. The Morgan fingerprint density at radius 3 is 3.00 bits per heavy atom. The van der Waals surface area contributed by atoms with E-state index in [2.05, 4.69) is 25.1 Å². The summed E-state index contributed by atoms with van der Waals surface area (Å²) < 4.78 is 0. The third-order valence-corrected chi connectivity index (χ3v) is 1.44. The fourth-order valence-corrected chi connectivity index (χ4v) is 0.880. The Hall–Kier alpha value is -1.69. The monoisotopic (exact) mass is 164 g/mol. The Morgan fingerprint density at radius 1 is 1.50 bits per heavy atom. The van der Waals surface area contributed by atoms with Crippen LogP contribution >= 0.6 is 0 Å². The number of nitrogens with one attached hydrogen (secondary N) is 2. The van der Waals surface area contributed by atoms with E-state index in [1.807, 2.05) is 0 Å². The molecule has 12 heavy (non-hydrogen) atoms. The predicted octanol–water partition coefficient (Wildman–Crippen LogP) is -0.347. The van der Waals surface area contributed by atoms with Gasteiger partial charge >= 0.3 is 0 Å². The quantitative estimate of drug-likeness (QED) is 0.565. The number of H-pyrrole nitrogens is 2. The molecule has 4 N–H and O–H groups in total. The summed E-state index contributed by atoms with van der Waals surface area (Å²) in [6.45, 7) is 0.355. The molecule has 0 bridgehead atoms. The van der Waals surface area contributed by atoms with E-state index in [1.165, 1.54) is 0 Å². The van der Waals surface area contributed by atoms with Gasteiger partial charge in [0.25, 0.3) is 0 Å². The van der Waals surface area contributed by atoms with Gasteiger partial charge < -0.3 is 10.7 Å². The first-order chi connectivity index (χ1) is 5.90. The standard InChI is InChI=1S/C6H8N6/c7-3-4-10-6(12-11-4)5-8-1-2-9-5/h1-2H,3,7H2,(H,8,9)(H,10,11,12). The molecule has 2 aromatic heterocycles. The minimum Gasteiger partial charge on any atom is -0.342 e. The van der Waals surface area contributed by atoms with Crippen molar-refractivity contribution in [1.29, 1.82) is 0 Å². The average molecular weight is 164 g/mol. The van der Waals surface area contributed by atoms with Gasteiger partial charge in [-0.05, 0) is 0 Å². The normalized spacial score (nSPS) is 10.4. The SMILES string of the molecule is NCc1nc(-c2ncc[nH]2)n[nH]1. The number of hydrogen-bond donors (Lipinski definition) is 3. The third-order valence-electron chi connectivity index (χ3n) is 1.44. The summed E-state index contributed by atoms with van der Waals surface area (Å²) in [7, 11) is 0. The van der Waals surface area contributed by atoms with Crippen molar-refractivity contribution in [2.45, 2.75) is 6.54 Å². The highest BCUT2D eigenvalue weighted by molar-refractivity contribution is 5.41. The molecule has 0 atom stereocenters. The Labute approximate surface area is 68.2 Å². The molecular formula is C6H8N6. The van der Waals surface area contributed by atoms with Crippen LogP contribution in [0.2, 0.25) is 0 Å². The number of nitrogens with zero attached hydrogens (tertiary/aromatic N) is 3. The van der Waals surface area contributed by atoms with E-state index in [4.69, 9.17) is 5.73 Å². The van der Waals surface area contributed by atoms with Crippen molar-refractivity contribution in [3.8, 4) is 11.6 Å². The van der Waals surface area contributed by atoms with Gasteiger partial charge in [0.15, 0.2) is 5.82 Å². The Kier molecular flexibility index (Phi) is 1.60. The molecule has 0 unspecified atom stereocenters. The van der Waals surface area contributed by atoms with Crippen LogP contribution in [0.3, 0.4) is 0 Å². The Bertz CT molecular complexity index is 348. The highest BCUT2D eigenvalue weighted by atomic mass is 15.2. The zero-order chi connectivity index (χ0) is 8.39. The fraction of sp³-hybridized carbons (Fsp3) is 0.167. The van der Waals surface area contributed by atoms with Gasteiger partial charge in [0, 0.05) is 12.4 Å². The molecule has 0 saturated heterocycles. The molecule has 2 heterocycles. The van der Waals surface area contributed by atoms with Gasteiger partial charge in [-0.15, -0.1) is 0 Å². The first kappa shape index (κ1) is 6.99. The van der Waals surface area contributed by atoms with Crippen molar-refractivity contribution >= 4 is 0 Å². The van der Waals surface area contributed by atoms with Gasteiger partial charge in [-0.2, -0.15) is 5.10 Å². The Morgan fingerprint density at radius 2 is 2.42 bits per heavy atom. The van der Waals surface area contributed by atoms with Gasteiger partial charge in [0.2, 0.25) is 5.82 Å². The van der Waals surface area contributed by atoms with Crippen LogP contribution in [0.15, 0.2) is 12.4 Å². The highest BCUT2D eigenvalue weighted by Crippen LogP contribution is 2.06. The maximum absolute atomic E-state index is 5.35. The zero-order valence-corrected chi connectivity index (χ0v) is 6.28. The molecule has 0 amide bonds. The summed E-state index contributed by atoms with van der Waals surface area (Å²) >= 11 is 0. The van der Waals surface area contributed by atoms with Crippen LogP contribution in [-0.4, -0.2) is 25.1 Å². The van der Waals surface area contributed by atoms with E-state index in [0.717, 1.165) is 0 Å². The molecule has 0 aliphatic heterocycles. The third kappa shape index (κ3) is 1.08. The molecule has 0 saturated carbocycles. The van der Waals surface area contributed by atoms with Crippen LogP contribution in [0.25, 0.3) is 11.6 Å². The van der Waals surface area contributed by atoms with Crippen LogP contribution in [-0.2, 0) is 6.54 Å². The number of hydrogen-bond acceptors (Lipinski definition) is 4. The summed E-state index contributed by atoms with van der Waals surface area (Å²) in [5.74, 6) is 1.84. The molecule has 6 heteroatoms. The summed E-state index contributed by atoms with van der Waals surface area (Å²) in [4.78, 5) is 11.0. The molecule has 0 fully saturated rings. The highest BCUT2D eigenvalue weighted by Gasteiger charge is 2.05. The van der Waals surface area contributed by atoms with Crippen LogP contribution in [0, 0.1) is 0 Å². The molecule has 62 valence electrons. The van der Waals surface area contributed by atoms with Gasteiger partial charge in [0.05, 0.1) is 6.54 Å².